The lowest BCUT2D eigenvalue weighted by Gasteiger charge is -2.48. The molecule has 0 aliphatic carbocycles. The predicted octanol–water partition coefficient (Wildman–Crippen LogP) is 5.15. The van der Waals surface area contributed by atoms with Crippen LogP contribution in [-0.2, 0) is 0 Å². The highest BCUT2D eigenvalue weighted by Crippen LogP contribution is 2.44. The van der Waals surface area contributed by atoms with Crippen LogP contribution in [0.4, 0.5) is 0 Å². The second-order valence-electron chi connectivity index (χ2n) is 9.21. The Morgan fingerprint density at radius 2 is 1.04 bits per heavy atom. The van der Waals surface area contributed by atoms with E-state index in [4.69, 9.17) is 0 Å². The fourth-order valence-electron chi connectivity index (χ4n) is 4.95. The van der Waals surface area contributed by atoms with Gasteiger partial charge in [-0.2, -0.15) is 0 Å². The van der Waals surface area contributed by atoms with Crippen molar-refractivity contribution >= 4 is 34.6 Å². The summed E-state index contributed by atoms with van der Waals surface area (Å²) in [6.07, 6.45) is 1.50. The molecular formula is C21H32Si3. The van der Waals surface area contributed by atoms with Crippen LogP contribution in [0.5, 0.6) is 0 Å². The zero-order chi connectivity index (χ0) is 17.3. The second-order valence-corrected chi connectivity index (χ2v) is 24.7. The van der Waals surface area contributed by atoms with E-state index in [-0.39, 0.29) is 0 Å². The topological polar surface area (TPSA) is 0 Å². The molecule has 0 aromatic heterocycles. The van der Waals surface area contributed by atoms with Crippen LogP contribution in [-0.4, -0.2) is 24.2 Å². The van der Waals surface area contributed by atoms with Gasteiger partial charge >= 0.3 is 0 Å². The Morgan fingerprint density at radius 1 is 0.667 bits per heavy atom. The van der Waals surface area contributed by atoms with Crippen LogP contribution < -0.4 is 10.4 Å². The Balaban J connectivity index is 1.80. The van der Waals surface area contributed by atoms with E-state index < -0.39 is 24.2 Å². The number of hydrogen-bond donors (Lipinski definition) is 0. The molecule has 0 nitrogen and oxygen atoms in total. The molecule has 1 fully saturated rings. The minimum atomic E-state index is -1.30. The van der Waals surface area contributed by atoms with E-state index in [9.17, 15) is 0 Å². The number of benzene rings is 2. The normalized spacial score (nSPS) is 17.3. The van der Waals surface area contributed by atoms with Crippen LogP contribution in [0.15, 0.2) is 60.7 Å². The van der Waals surface area contributed by atoms with Gasteiger partial charge in [-0.25, -0.2) is 0 Å². The molecule has 128 valence electrons. The van der Waals surface area contributed by atoms with E-state index in [1.54, 1.807) is 33.8 Å². The van der Waals surface area contributed by atoms with Gasteiger partial charge in [0.2, 0.25) is 0 Å². The lowest BCUT2D eigenvalue weighted by molar-refractivity contribution is 0.890. The molecule has 0 unspecified atom stereocenters. The predicted molar refractivity (Wildman–Crippen MR) is 117 cm³/mol. The SMILES string of the molecule is C[Si](C)(C[Si]1(C[Si](C)(C)c2ccccc2)CCC1)c1ccccc1. The Morgan fingerprint density at radius 3 is 1.33 bits per heavy atom. The summed E-state index contributed by atoms with van der Waals surface area (Å²) < 4.78 is 0. The van der Waals surface area contributed by atoms with E-state index >= 15 is 0 Å². The highest BCUT2D eigenvalue weighted by molar-refractivity contribution is 7.10. The third-order valence-corrected chi connectivity index (χ3v) is 25.9. The first-order chi connectivity index (χ1) is 11.3. The molecule has 0 bridgehead atoms. The maximum atomic E-state index is 2.62. The monoisotopic (exact) mass is 368 g/mol. The van der Waals surface area contributed by atoms with Gasteiger partial charge in [-0.3, -0.25) is 0 Å². The van der Waals surface area contributed by atoms with Gasteiger partial charge in [0.1, 0.15) is 0 Å². The Hall–Kier alpha value is -0.909. The zero-order valence-corrected chi connectivity index (χ0v) is 18.8. The summed E-state index contributed by atoms with van der Waals surface area (Å²) in [6, 6.07) is 26.1. The highest BCUT2D eigenvalue weighted by Gasteiger charge is 2.47. The first kappa shape index (κ1) is 17.9. The van der Waals surface area contributed by atoms with Crippen molar-refractivity contribution in [3.63, 3.8) is 0 Å². The van der Waals surface area contributed by atoms with Crippen LogP contribution in [0.1, 0.15) is 6.42 Å². The standard InChI is InChI=1S/C21H32Si3/c1-22(2,20-12-7-5-8-13-20)18-24(16-11-17-24)19-23(3,4)21-14-9-6-10-15-21/h5-10,12-15H,11,16-19H2,1-4H3. The van der Waals surface area contributed by atoms with Crippen molar-refractivity contribution in [1.29, 1.82) is 0 Å². The van der Waals surface area contributed by atoms with Crippen molar-refractivity contribution in [3.05, 3.63) is 60.7 Å². The molecule has 3 heteroatoms. The van der Waals surface area contributed by atoms with Crippen molar-refractivity contribution in [1.82, 2.24) is 0 Å². The molecule has 1 aliphatic rings. The van der Waals surface area contributed by atoms with Crippen LogP contribution >= 0.6 is 0 Å². The van der Waals surface area contributed by atoms with Crippen molar-refractivity contribution in [2.75, 3.05) is 0 Å². The van der Waals surface area contributed by atoms with Gasteiger partial charge < -0.3 is 0 Å². The molecule has 0 amide bonds. The quantitative estimate of drug-likeness (QED) is 0.619. The van der Waals surface area contributed by atoms with Crippen molar-refractivity contribution < 1.29 is 0 Å². The molecule has 0 spiro atoms. The van der Waals surface area contributed by atoms with Gasteiger partial charge in [-0.15, -0.1) is 0 Å². The Kier molecular flexibility index (Phi) is 5.05. The first-order valence-corrected chi connectivity index (χ1v) is 18.7. The molecule has 2 aromatic carbocycles. The first-order valence-electron chi connectivity index (χ1n) is 9.44. The third-order valence-electron chi connectivity index (χ3n) is 6.16. The number of rotatable bonds is 6. The minimum Gasteiger partial charge on any atom is -0.0656 e. The van der Waals surface area contributed by atoms with Crippen molar-refractivity contribution in [3.8, 4) is 0 Å². The van der Waals surface area contributed by atoms with Gasteiger partial charge in [0.15, 0.2) is 0 Å². The van der Waals surface area contributed by atoms with Crippen LogP contribution in [0.25, 0.3) is 0 Å². The second kappa shape index (κ2) is 6.77. The summed E-state index contributed by atoms with van der Waals surface area (Å²) in [7, 11) is -3.66. The largest absolute Gasteiger partial charge is 0.0780 e. The minimum absolute atomic E-state index is 1.06. The van der Waals surface area contributed by atoms with E-state index in [0.717, 1.165) is 0 Å². The molecule has 24 heavy (non-hydrogen) atoms. The molecule has 0 atom stereocenters. The van der Waals surface area contributed by atoms with E-state index in [0.29, 0.717) is 0 Å². The van der Waals surface area contributed by atoms with Gasteiger partial charge in [0, 0.05) is 8.07 Å². The van der Waals surface area contributed by atoms with Crippen LogP contribution in [0, 0.1) is 0 Å². The zero-order valence-electron chi connectivity index (χ0n) is 15.8. The molecule has 1 saturated heterocycles. The lowest BCUT2D eigenvalue weighted by atomic mass is 10.4. The smallest absolute Gasteiger partial charge is 0.0656 e. The molecule has 0 saturated carbocycles. The van der Waals surface area contributed by atoms with Crippen molar-refractivity contribution in [2.24, 2.45) is 0 Å². The summed E-state index contributed by atoms with van der Waals surface area (Å²) in [5.41, 5.74) is 3.21. The average molecular weight is 369 g/mol. The summed E-state index contributed by atoms with van der Waals surface area (Å²) in [5.74, 6) is 0. The number of hydrogen-bond acceptors (Lipinski definition) is 0. The Labute approximate surface area is 151 Å². The van der Waals surface area contributed by atoms with Gasteiger partial charge in [0.25, 0.3) is 0 Å². The fourth-order valence-corrected chi connectivity index (χ4v) is 29.6. The molecule has 1 aliphatic heterocycles. The molecule has 0 N–H and O–H groups in total. The maximum Gasteiger partial charge on any atom is 0.0780 e. The summed E-state index contributed by atoms with van der Waals surface area (Å²) in [5, 5.41) is 3.34. The fraction of sp³-hybridized carbons (Fsp3) is 0.429. The molecular weight excluding hydrogens is 336 g/mol. The molecule has 3 rings (SSSR count). The van der Waals surface area contributed by atoms with Crippen LogP contribution in [0.3, 0.4) is 0 Å². The van der Waals surface area contributed by atoms with E-state index in [2.05, 4.69) is 86.9 Å². The lowest BCUT2D eigenvalue weighted by Crippen LogP contribution is -2.59. The summed E-state index contributed by atoms with van der Waals surface area (Å²) >= 11 is 0. The highest BCUT2D eigenvalue weighted by atomic mass is 28.4. The van der Waals surface area contributed by atoms with Gasteiger partial charge in [0.05, 0.1) is 16.1 Å². The van der Waals surface area contributed by atoms with Gasteiger partial charge in [-0.05, 0) is 0 Å². The molecule has 1 heterocycles. The van der Waals surface area contributed by atoms with E-state index in [1.807, 2.05) is 0 Å². The Bertz CT molecular complexity index is 602. The maximum absolute atomic E-state index is 2.62. The molecule has 2 aromatic rings. The summed E-state index contributed by atoms with van der Waals surface area (Å²) in [4.78, 5) is 0. The third kappa shape index (κ3) is 3.84. The van der Waals surface area contributed by atoms with Crippen LogP contribution in [0.2, 0.25) is 49.6 Å². The molecule has 0 radical (unpaired) electrons. The van der Waals surface area contributed by atoms with Gasteiger partial charge in [-0.1, -0.05) is 127 Å². The van der Waals surface area contributed by atoms with Crippen molar-refractivity contribution in [2.45, 2.75) is 56.0 Å². The summed E-state index contributed by atoms with van der Waals surface area (Å²) in [6.45, 7) is 10.5. The average Bonchev–Trinajstić information content (AvgIpc) is 2.54. The van der Waals surface area contributed by atoms with E-state index in [1.165, 1.54) is 6.42 Å².